The summed E-state index contributed by atoms with van der Waals surface area (Å²) in [5.74, 6) is -0.267. The number of rotatable bonds is 6. The van der Waals surface area contributed by atoms with Crippen molar-refractivity contribution < 1.29 is 23.8 Å². The van der Waals surface area contributed by atoms with Gasteiger partial charge in [0, 0.05) is 6.07 Å². The second-order valence-electron chi connectivity index (χ2n) is 4.71. The molecular weight excluding hydrogens is 334 g/mol. The summed E-state index contributed by atoms with van der Waals surface area (Å²) in [5, 5.41) is 2.96. The summed E-state index contributed by atoms with van der Waals surface area (Å²) >= 11 is 5.94. The van der Waals surface area contributed by atoms with Crippen LogP contribution in [0.25, 0.3) is 0 Å². The van der Waals surface area contributed by atoms with Crippen LogP contribution in [0.4, 0.5) is 5.69 Å². The lowest BCUT2D eigenvalue weighted by Crippen LogP contribution is -2.21. The number of nitrogens with one attached hydrogen (secondary N) is 1. The van der Waals surface area contributed by atoms with Crippen LogP contribution in [0.2, 0.25) is 5.02 Å². The molecule has 0 saturated carbocycles. The van der Waals surface area contributed by atoms with Crippen LogP contribution in [0.5, 0.6) is 11.5 Å². The molecule has 0 heterocycles. The summed E-state index contributed by atoms with van der Waals surface area (Å²) in [6.45, 7) is -0.441. The lowest BCUT2D eigenvalue weighted by atomic mass is 10.2. The third-order valence-corrected chi connectivity index (χ3v) is 3.40. The molecule has 0 fully saturated rings. The Kier molecular flexibility index (Phi) is 6.03. The van der Waals surface area contributed by atoms with E-state index in [1.165, 1.54) is 26.4 Å². The number of carbonyl (C=O) groups is 2. The van der Waals surface area contributed by atoms with Crippen molar-refractivity contribution in [2.45, 2.75) is 0 Å². The smallest absolute Gasteiger partial charge is 0.338 e. The van der Waals surface area contributed by atoms with Crippen molar-refractivity contribution in [3.63, 3.8) is 0 Å². The molecule has 2 aromatic carbocycles. The van der Waals surface area contributed by atoms with Gasteiger partial charge >= 0.3 is 5.97 Å². The monoisotopic (exact) mass is 349 g/mol. The number of halogens is 1. The van der Waals surface area contributed by atoms with Gasteiger partial charge in [-0.1, -0.05) is 23.7 Å². The Hall–Kier alpha value is -2.73. The molecule has 1 N–H and O–H groups in total. The lowest BCUT2D eigenvalue weighted by Gasteiger charge is -2.09. The molecule has 6 nitrogen and oxygen atoms in total. The van der Waals surface area contributed by atoms with Crippen molar-refractivity contribution in [2.75, 3.05) is 26.1 Å². The third-order valence-electron chi connectivity index (χ3n) is 3.07. The molecule has 0 radical (unpaired) electrons. The summed E-state index contributed by atoms with van der Waals surface area (Å²) in [4.78, 5) is 23.9. The fourth-order valence-corrected chi connectivity index (χ4v) is 2.07. The molecule has 1 amide bonds. The Morgan fingerprint density at radius 3 is 2.25 bits per heavy atom. The molecule has 0 aromatic heterocycles. The van der Waals surface area contributed by atoms with Gasteiger partial charge < -0.3 is 19.5 Å². The first-order valence-electron chi connectivity index (χ1n) is 6.98. The molecule has 24 heavy (non-hydrogen) atoms. The zero-order valence-electron chi connectivity index (χ0n) is 13.2. The fraction of sp³-hybridized carbons (Fsp3) is 0.176. The van der Waals surface area contributed by atoms with E-state index >= 15 is 0 Å². The first-order valence-corrected chi connectivity index (χ1v) is 7.36. The number of ether oxygens (including phenoxy) is 3. The van der Waals surface area contributed by atoms with Crippen LogP contribution in [0.1, 0.15) is 10.4 Å². The number of carbonyl (C=O) groups excluding carboxylic acids is 2. The molecule has 2 rings (SSSR count). The average Bonchev–Trinajstić information content (AvgIpc) is 2.61. The average molecular weight is 350 g/mol. The van der Waals surface area contributed by atoms with E-state index in [1.54, 1.807) is 30.3 Å². The van der Waals surface area contributed by atoms with Crippen molar-refractivity contribution in [2.24, 2.45) is 0 Å². The molecule has 0 bridgehead atoms. The highest BCUT2D eigenvalue weighted by molar-refractivity contribution is 6.33. The summed E-state index contributed by atoms with van der Waals surface area (Å²) in [5.41, 5.74) is 0.667. The van der Waals surface area contributed by atoms with E-state index in [4.69, 9.17) is 25.8 Å². The fourth-order valence-electron chi connectivity index (χ4n) is 1.89. The minimum absolute atomic E-state index is 0.219. The molecule has 0 unspecified atom stereocenters. The SMILES string of the molecule is COc1cc(OC)cc(C(=O)OCC(=O)Nc2ccccc2Cl)c1. The Bertz CT molecular complexity index is 725. The van der Waals surface area contributed by atoms with Crippen molar-refractivity contribution in [3.8, 4) is 11.5 Å². The number of anilines is 1. The number of hydrogen-bond acceptors (Lipinski definition) is 5. The zero-order valence-corrected chi connectivity index (χ0v) is 13.9. The van der Waals surface area contributed by atoms with Gasteiger partial charge in [-0.25, -0.2) is 4.79 Å². The van der Waals surface area contributed by atoms with E-state index in [0.717, 1.165) is 0 Å². The van der Waals surface area contributed by atoms with Gasteiger partial charge in [-0.15, -0.1) is 0 Å². The maximum atomic E-state index is 12.1. The number of amides is 1. The van der Waals surface area contributed by atoms with Gasteiger partial charge in [-0.3, -0.25) is 4.79 Å². The maximum Gasteiger partial charge on any atom is 0.338 e. The second kappa shape index (κ2) is 8.21. The Balaban J connectivity index is 1.98. The maximum absolute atomic E-state index is 12.1. The molecule has 0 aliphatic carbocycles. The van der Waals surface area contributed by atoms with E-state index in [0.29, 0.717) is 22.2 Å². The van der Waals surface area contributed by atoms with Crippen molar-refractivity contribution in [1.29, 1.82) is 0 Å². The number of hydrogen-bond donors (Lipinski definition) is 1. The van der Waals surface area contributed by atoms with E-state index in [9.17, 15) is 9.59 Å². The largest absolute Gasteiger partial charge is 0.497 e. The molecule has 126 valence electrons. The van der Waals surface area contributed by atoms with Crippen molar-refractivity contribution in [1.82, 2.24) is 0 Å². The number of benzene rings is 2. The standard InChI is InChI=1S/C17H16ClNO5/c1-22-12-7-11(8-13(9-12)23-2)17(21)24-10-16(20)19-15-6-4-3-5-14(15)18/h3-9H,10H2,1-2H3,(H,19,20). The quantitative estimate of drug-likeness (QED) is 0.811. The van der Waals surface area contributed by atoms with Crippen LogP contribution in [0.15, 0.2) is 42.5 Å². The molecule has 0 spiro atoms. The third kappa shape index (κ3) is 4.63. The number of methoxy groups -OCH3 is 2. The van der Waals surface area contributed by atoms with E-state index in [2.05, 4.69) is 5.32 Å². The first kappa shape index (κ1) is 17.6. The summed E-state index contributed by atoms with van der Waals surface area (Å²) in [7, 11) is 2.95. The van der Waals surface area contributed by atoms with Crippen LogP contribution < -0.4 is 14.8 Å². The van der Waals surface area contributed by atoms with Crippen LogP contribution in [-0.2, 0) is 9.53 Å². The second-order valence-corrected chi connectivity index (χ2v) is 5.11. The molecule has 0 atom stereocenters. The molecule has 0 aliphatic rings. The topological polar surface area (TPSA) is 73.9 Å². The zero-order chi connectivity index (χ0) is 17.5. The van der Waals surface area contributed by atoms with Gasteiger partial charge in [-0.2, -0.15) is 0 Å². The molecular formula is C17H16ClNO5. The predicted molar refractivity (Wildman–Crippen MR) is 89.9 cm³/mol. The minimum atomic E-state index is -0.665. The normalized spacial score (nSPS) is 9.96. The van der Waals surface area contributed by atoms with Crippen LogP contribution in [0.3, 0.4) is 0 Å². The highest BCUT2D eigenvalue weighted by Gasteiger charge is 2.14. The summed E-state index contributed by atoms with van der Waals surface area (Å²) < 4.78 is 15.2. The van der Waals surface area contributed by atoms with Crippen molar-refractivity contribution in [3.05, 3.63) is 53.1 Å². The van der Waals surface area contributed by atoms with Gasteiger partial charge in [0.05, 0.1) is 30.5 Å². The first-order chi connectivity index (χ1) is 11.5. The van der Waals surface area contributed by atoms with Gasteiger partial charge in [-0.05, 0) is 24.3 Å². The van der Waals surface area contributed by atoms with Crippen LogP contribution >= 0.6 is 11.6 Å². The van der Waals surface area contributed by atoms with Crippen LogP contribution in [0, 0.1) is 0 Å². The van der Waals surface area contributed by atoms with Gasteiger partial charge in [0.2, 0.25) is 0 Å². The highest BCUT2D eigenvalue weighted by atomic mass is 35.5. The summed E-state index contributed by atoms with van der Waals surface area (Å²) in [6, 6.07) is 11.4. The Morgan fingerprint density at radius 2 is 1.67 bits per heavy atom. The van der Waals surface area contributed by atoms with E-state index in [-0.39, 0.29) is 5.56 Å². The van der Waals surface area contributed by atoms with Gasteiger partial charge in [0.25, 0.3) is 5.91 Å². The predicted octanol–water partition coefficient (Wildman–Crippen LogP) is 3.15. The molecule has 7 heteroatoms. The van der Waals surface area contributed by atoms with E-state index in [1.807, 2.05) is 0 Å². The number of para-hydroxylation sites is 1. The molecule has 0 saturated heterocycles. The van der Waals surface area contributed by atoms with E-state index < -0.39 is 18.5 Å². The number of esters is 1. The van der Waals surface area contributed by atoms with Gasteiger partial charge in [0.15, 0.2) is 6.61 Å². The molecule has 2 aromatic rings. The lowest BCUT2D eigenvalue weighted by molar-refractivity contribution is -0.119. The summed E-state index contributed by atoms with van der Waals surface area (Å²) in [6.07, 6.45) is 0. The van der Waals surface area contributed by atoms with Crippen molar-refractivity contribution >= 4 is 29.2 Å². The van der Waals surface area contributed by atoms with Crippen LogP contribution in [-0.4, -0.2) is 32.7 Å². The van der Waals surface area contributed by atoms with Gasteiger partial charge in [0.1, 0.15) is 11.5 Å². The molecule has 0 aliphatic heterocycles. The minimum Gasteiger partial charge on any atom is -0.497 e. The Labute approximate surface area is 144 Å². The highest BCUT2D eigenvalue weighted by Crippen LogP contribution is 2.23. The Morgan fingerprint density at radius 1 is 1.04 bits per heavy atom.